The van der Waals surface area contributed by atoms with Crippen LogP contribution in [-0.4, -0.2) is 54.1 Å². The van der Waals surface area contributed by atoms with Crippen LogP contribution in [0.25, 0.3) is 0 Å². The summed E-state index contributed by atoms with van der Waals surface area (Å²) in [7, 11) is 1.83. The standard InChI is InChI=1S/C19H27N5O.HI/c1-3-18(16-7-5-4-6-8-16)23-10-12-24(13-11-23)19(20-2)21-15-17-9-14-25-22-17;/h4-9,14,18H,3,10-13,15H2,1-2H3,(H,20,21);1H. The summed E-state index contributed by atoms with van der Waals surface area (Å²) >= 11 is 0. The van der Waals surface area contributed by atoms with E-state index in [1.807, 2.05) is 13.1 Å². The number of hydrogen-bond donors (Lipinski definition) is 1. The highest BCUT2D eigenvalue weighted by Gasteiger charge is 2.25. The molecule has 2 heterocycles. The first-order valence-electron chi connectivity index (χ1n) is 8.95. The Labute approximate surface area is 172 Å². The number of hydrogen-bond acceptors (Lipinski definition) is 4. The second kappa shape index (κ2) is 10.5. The van der Waals surface area contributed by atoms with Crippen molar-refractivity contribution in [2.24, 2.45) is 4.99 Å². The number of aliphatic imine (C=N–C) groups is 1. The average Bonchev–Trinajstić information content (AvgIpc) is 3.18. The monoisotopic (exact) mass is 469 g/mol. The first-order valence-corrected chi connectivity index (χ1v) is 8.95. The molecule has 0 amide bonds. The van der Waals surface area contributed by atoms with Crippen molar-refractivity contribution < 1.29 is 4.52 Å². The Kier molecular flexibility index (Phi) is 8.37. The van der Waals surface area contributed by atoms with Gasteiger partial charge in [-0.1, -0.05) is 42.4 Å². The minimum atomic E-state index is 0. The first-order chi connectivity index (χ1) is 12.3. The van der Waals surface area contributed by atoms with Crippen LogP contribution in [0.15, 0.2) is 52.2 Å². The van der Waals surface area contributed by atoms with E-state index >= 15 is 0 Å². The lowest BCUT2D eigenvalue weighted by molar-refractivity contribution is 0.127. The molecule has 0 radical (unpaired) electrons. The molecule has 1 aromatic carbocycles. The van der Waals surface area contributed by atoms with Crippen LogP contribution in [0.2, 0.25) is 0 Å². The predicted molar refractivity (Wildman–Crippen MR) is 115 cm³/mol. The number of piperazine rings is 1. The minimum absolute atomic E-state index is 0. The highest BCUT2D eigenvalue weighted by atomic mass is 127. The Bertz CT molecular complexity index is 654. The van der Waals surface area contributed by atoms with Gasteiger partial charge in [-0.15, -0.1) is 24.0 Å². The van der Waals surface area contributed by atoms with E-state index < -0.39 is 0 Å². The molecule has 1 unspecified atom stereocenters. The van der Waals surface area contributed by atoms with Gasteiger partial charge in [0.05, 0.1) is 6.54 Å². The maximum atomic E-state index is 4.87. The molecule has 0 bridgehead atoms. The maximum Gasteiger partial charge on any atom is 0.194 e. The van der Waals surface area contributed by atoms with E-state index in [9.17, 15) is 0 Å². The van der Waals surface area contributed by atoms with Crippen LogP contribution in [0.4, 0.5) is 0 Å². The van der Waals surface area contributed by atoms with Gasteiger partial charge in [0.1, 0.15) is 12.0 Å². The summed E-state index contributed by atoms with van der Waals surface area (Å²) < 4.78 is 4.87. The lowest BCUT2D eigenvalue weighted by atomic mass is 10.0. The Balaban J connectivity index is 0.00000243. The molecule has 0 spiro atoms. The van der Waals surface area contributed by atoms with Crippen LogP contribution in [0, 0.1) is 0 Å². The minimum Gasteiger partial charge on any atom is -0.364 e. The van der Waals surface area contributed by atoms with E-state index in [1.165, 1.54) is 5.56 Å². The van der Waals surface area contributed by atoms with Crippen LogP contribution in [0.5, 0.6) is 0 Å². The third-order valence-electron chi connectivity index (χ3n) is 4.76. The van der Waals surface area contributed by atoms with Crippen LogP contribution in [0.3, 0.4) is 0 Å². The largest absolute Gasteiger partial charge is 0.364 e. The molecule has 1 saturated heterocycles. The molecule has 1 aromatic heterocycles. The fraction of sp³-hybridized carbons (Fsp3) is 0.474. The molecular weight excluding hydrogens is 441 g/mol. The quantitative estimate of drug-likeness (QED) is 0.415. The van der Waals surface area contributed by atoms with E-state index in [1.54, 1.807) is 6.26 Å². The molecule has 1 aliphatic heterocycles. The molecule has 1 aliphatic rings. The Morgan fingerprint density at radius 1 is 1.19 bits per heavy atom. The van der Waals surface area contributed by atoms with Crippen molar-refractivity contribution in [2.75, 3.05) is 33.2 Å². The van der Waals surface area contributed by atoms with Gasteiger partial charge in [-0.05, 0) is 12.0 Å². The molecule has 0 aliphatic carbocycles. The second-order valence-corrected chi connectivity index (χ2v) is 6.25. The number of benzene rings is 1. The van der Waals surface area contributed by atoms with Crippen LogP contribution >= 0.6 is 24.0 Å². The van der Waals surface area contributed by atoms with Gasteiger partial charge in [0.2, 0.25) is 0 Å². The van der Waals surface area contributed by atoms with Crippen molar-refractivity contribution in [1.82, 2.24) is 20.3 Å². The Morgan fingerprint density at radius 2 is 1.92 bits per heavy atom. The molecule has 1 fully saturated rings. The van der Waals surface area contributed by atoms with E-state index in [2.05, 4.69) is 62.5 Å². The smallest absolute Gasteiger partial charge is 0.194 e. The van der Waals surface area contributed by atoms with Crippen molar-refractivity contribution in [2.45, 2.75) is 25.9 Å². The van der Waals surface area contributed by atoms with Crippen molar-refractivity contribution in [3.8, 4) is 0 Å². The zero-order valence-electron chi connectivity index (χ0n) is 15.5. The SMILES string of the molecule is CCC(c1ccccc1)N1CCN(C(=NC)NCc2ccon2)CC1.I. The third-order valence-corrected chi connectivity index (χ3v) is 4.76. The van der Waals surface area contributed by atoms with Crippen LogP contribution in [-0.2, 0) is 6.54 Å². The topological polar surface area (TPSA) is 56.9 Å². The summed E-state index contributed by atoms with van der Waals surface area (Å²) in [4.78, 5) is 9.31. The summed E-state index contributed by atoms with van der Waals surface area (Å²) in [6.07, 6.45) is 2.72. The van der Waals surface area contributed by atoms with E-state index in [0.717, 1.165) is 44.3 Å². The summed E-state index contributed by atoms with van der Waals surface area (Å²) in [5.41, 5.74) is 2.29. The Hall–Kier alpha value is -1.61. The molecule has 1 atom stereocenters. The van der Waals surface area contributed by atoms with Gasteiger partial charge >= 0.3 is 0 Å². The second-order valence-electron chi connectivity index (χ2n) is 6.25. The lowest BCUT2D eigenvalue weighted by Gasteiger charge is -2.40. The van der Waals surface area contributed by atoms with Gasteiger partial charge in [-0.3, -0.25) is 9.89 Å². The van der Waals surface area contributed by atoms with Crippen molar-refractivity contribution in [3.63, 3.8) is 0 Å². The molecule has 6 nitrogen and oxygen atoms in total. The van der Waals surface area contributed by atoms with E-state index in [0.29, 0.717) is 12.6 Å². The number of halogens is 1. The summed E-state index contributed by atoms with van der Waals surface area (Å²) in [5, 5.41) is 7.29. The number of rotatable bonds is 5. The Morgan fingerprint density at radius 3 is 2.50 bits per heavy atom. The molecule has 26 heavy (non-hydrogen) atoms. The van der Waals surface area contributed by atoms with Gasteiger partial charge in [-0.25, -0.2) is 0 Å². The molecule has 7 heteroatoms. The van der Waals surface area contributed by atoms with Gasteiger partial charge in [0.25, 0.3) is 0 Å². The average molecular weight is 469 g/mol. The zero-order chi connectivity index (χ0) is 17.5. The highest BCUT2D eigenvalue weighted by Crippen LogP contribution is 2.25. The number of guanidine groups is 1. The normalized spacial score (nSPS) is 16.8. The van der Waals surface area contributed by atoms with Crippen LogP contribution in [0.1, 0.15) is 30.6 Å². The van der Waals surface area contributed by atoms with E-state index in [-0.39, 0.29) is 24.0 Å². The molecule has 2 aromatic rings. The van der Waals surface area contributed by atoms with Gasteiger partial charge < -0.3 is 14.7 Å². The number of nitrogens with one attached hydrogen (secondary N) is 1. The van der Waals surface area contributed by atoms with Crippen LogP contribution < -0.4 is 5.32 Å². The summed E-state index contributed by atoms with van der Waals surface area (Å²) in [6.45, 7) is 6.92. The number of nitrogens with zero attached hydrogens (tertiary/aromatic N) is 4. The highest BCUT2D eigenvalue weighted by molar-refractivity contribution is 14.0. The summed E-state index contributed by atoms with van der Waals surface area (Å²) in [5.74, 6) is 0.926. The van der Waals surface area contributed by atoms with Gasteiger partial charge in [0, 0.05) is 45.3 Å². The predicted octanol–water partition coefficient (Wildman–Crippen LogP) is 3.14. The molecule has 3 rings (SSSR count). The third kappa shape index (κ3) is 5.20. The van der Waals surface area contributed by atoms with Gasteiger partial charge in [-0.2, -0.15) is 0 Å². The van der Waals surface area contributed by atoms with Crippen molar-refractivity contribution >= 4 is 29.9 Å². The lowest BCUT2D eigenvalue weighted by Crippen LogP contribution is -2.52. The molecule has 0 saturated carbocycles. The molecular formula is C19H28IN5O. The fourth-order valence-electron chi connectivity index (χ4n) is 3.46. The first kappa shape index (κ1) is 20.7. The maximum absolute atomic E-state index is 4.87. The van der Waals surface area contributed by atoms with Crippen molar-refractivity contribution in [3.05, 3.63) is 53.9 Å². The van der Waals surface area contributed by atoms with Gasteiger partial charge in [0.15, 0.2) is 5.96 Å². The summed E-state index contributed by atoms with van der Waals surface area (Å²) in [6, 6.07) is 13.2. The number of aromatic nitrogens is 1. The molecule has 142 valence electrons. The van der Waals surface area contributed by atoms with E-state index in [4.69, 9.17) is 4.52 Å². The zero-order valence-corrected chi connectivity index (χ0v) is 17.8. The molecule has 1 N–H and O–H groups in total. The van der Waals surface area contributed by atoms with Crippen molar-refractivity contribution in [1.29, 1.82) is 0 Å². The fourth-order valence-corrected chi connectivity index (χ4v) is 3.46.